The van der Waals surface area contributed by atoms with Gasteiger partial charge in [0, 0.05) is 0 Å². The Morgan fingerprint density at radius 2 is 1.68 bits per heavy atom. The Morgan fingerprint density at radius 3 is 2.27 bits per heavy atom. The molecule has 0 saturated heterocycles. The van der Waals surface area contributed by atoms with E-state index >= 15 is 0 Å². The second kappa shape index (κ2) is 7.59. The third-order valence-corrected chi connectivity index (χ3v) is 3.80. The van der Waals surface area contributed by atoms with Crippen LogP contribution in [0, 0.1) is 0 Å². The SMILES string of the molecule is CCC(CC)c1ccc(O)c(/N=N/c2ccc(OC)cc2)c1. The van der Waals surface area contributed by atoms with Crippen molar-refractivity contribution in [2.45, 2.75) is 32.6 Å². The molecule has 2 rings (SSSR count). The Hall–Kier alpha value is -2.36. The third kappa shape index (κ3) is 3.85. The maximum absolute atomic E-state index is 9.95. The van der Waals surface area contributed by atoms with Gasteiger partial charge in [-0.05, 0) is 60.7 Å². The fraction of sp³-hybridized carbons (Fsp3) is 0.333. The highest BCUT2D eigenvalue weighted by atomic mass is 16.5. The number of ether oxygens (including phenoxy) is 1. The summed E-state index contributed by atoms with van der Waals surface area (Å²) in [6.45, 7) is 4.33. The van der Waals surface area contributed by atoms with Gasteiger partial charge in [-0.3, -0.25) is 0 Å². The van der Waals surface area contributed by atoms with Gasteiger partial charge in [0.2, 0.25) is 0 Å². The highest BCUT2D eigenvalue weighted by Gasteiger charge is 2.09. The van der Waals surface area contributed by atoms with Crippen molar-refractivity contribution in [1.29, 1.82) is 0 Å². The van der Waals surface area contributed by atoms with E-state index in [4.69, 9.17) is 4.74 Å². The molecule has 0 unspecified atom stereocenters. The molecule has 0 saturated carbocycles. The molecule has 0 aliphatic carbocycles. The summed E-state index contributed by atoms with van der Waals surface area (Å²) in [5.41, 5.74) is 2.40. The summed E-state index contributed by atoms with van der Waals surface area (Å²) < 4.78 is 5.11. The molecule has 0 amide bonds. The first-order valence-corrected chi connectivity index (χ1v) is 7.56. The van der Waals surface area contributed by atoms with Crippen LogP contribution in [0.4, 0.5) is 11.4 Å². The fourth-order valence-corrected chi connectivity index (χ4v) is 2.40. The molecule has 4 nitrogen and oxygen atoms in total. The number of hydrogen-bond donors (Lipinski definition) is 1. The second-order valence-electron chi connectivity index (χ2n) is 5.16. The van der Waals surface area contributed by atoms with Crippen LogP contribution in [0.15, 0.2) is 52.7 Å². The molecule has 4 heteroatoms. The van der Waals surface area contributed by atoms with Gasteiger partial charge in [0.15, 0.2) is 0 Å². The van der Waals surface area contributed by atoms with E-state index in [1.165, 1.54) is 5.56 Å². The molecule has 2 aromatic rings. The standard InChI is InChI=1S/C18H22N2O2/c1-4-13(5-2)14-6-11-18(21)17(12-14)20-19-15-7-9-16(22-3)10-8-15/h6-13,21H,4-5H2,1-3H3/b20-19+. The first kappa shape index (κ1) is 16.0. The lowest BCUT2D eigenvalue weighted by atomic mass is 9.93. The lowest BCUT2D eigenvalue weighted by molar-refractivity contribution is 0.415. The average Bonchev–Trinajstić information content (AvgIpc) is 2.56. The zero-order valence-electron chi connectivity index (χ0n) is 13.3. The van der Waals surface area contributed by atoms with E-state index in [0.717, 1.165) is 18.6 Å². The maximum atomic E-state index is 9.95. The monoisotopic (exact) mass is 298 g/mol. The smallest absolute Gasteiger partial charge is 0.143 e. The number of phenols is 1. The van der Waals surface area contributed by atoms with E-state index in [1.807, 2.05) is 36.4 Å². The summed E-state index contributed by atoms with van der Waals surface area (Å²) in [6.07, 6.45) is 2.13. The van der Waals surface area contributed by atoms with E-state index in [1.54, 1.807) is 13.2 Å². The molecular weight excluding hydrogens is 276 g/mol. The molecule has 2 aromatic carbocycles. The lowest BCUT2D eigenvalue weighted by Crippen LogP contribution is -1.94. The van der Waals surface area contributed by atoms with Crippen LogP contribution < -0.4 is 4.74 Å². The number of phenolic OH excluding ortho intramolecular Hbond substituents is 1. The second-order valence-corrected chi connectivity index (χ2v) is 5.16. The normalized spacial score (nSPS) is 11.3. The molecule has 1 N–H and O–H groups in total. The van der Waals surface area contributed by atoms with Crippen molar-refractivity contribution in [3.63, 3.8) is 0 Å². The van der Waals surface area contributed by atoms with Crippen molar-refractivity contribution in [2.75, 3.05) is 7.11 Å². The van der Waals surface area contributed by atoms with E-state index < -0.39 is 0 Å². The summed E-state index contributed by atoms with van der Waals surface area (Å²) in [6, 6.07) is 12.9. The summed E-state index contributed by atoms with van der Waals surface area (Å²) in [5.74, 6) is 1.40. The van der Waals surface area contributed by atoms with Gasteiger partial charge in [-0.25, -0.2) is 0 Å². The first-order chi connectivity index (χ1) is 10.7. The molecule has 0 spiro atoms. The highest BCUT2D eigenvalue weighted by molar-refractivity contribution is 5.53. The number of hydrogen-bond acceptors (Lipinski definition) is 4. The minimum absolute atomic E-state index is 0.145. The van der Waals surface area contributed by atoms with Gasteiger partial charge >= 0.3 is 0 Å². The summed E-state index contributed by atoms with van der Waals surface area (Å²) >= 11 is 0. The first-order valence-electron chi connectivity index (χ1n) is 7.56. The van der Waals surface area contributed by atoms with E-state index in [-0.39, 0.29) is 5.75 Å². The van der Waals surface area contributed by atoms with E-state index in [9.17, 15) is 5.11 Å². The number of methoxy groups -OCH3 is 1. The predicted octanol–water partition coefficient (Wildman–Crippen LogP) is 5.72. The molecule has 0 bridgehead atoms. The van der Waals surface area contributed by atoms with Crippen LogP contribution in [0.1, 0.15) is 38.2 Å². The Balaban J connectivity index is 2.23. The number of nitrogens with zero attached hydrogens (tertiary/aromatic N) is 2. The van der Waals surface area contributed by atoms with Crippen molar-refractivity contribution in [1.82, 2.24) is 0 Å². The molecule has 0 radical (unpaired) electrons. The van der Waals surface area contributed by atoms with Crippen molar-refractivity contribution < 1.29 is 9.84 Å². The minimum atomic E-state index is 0.145. The molecule has 116 valence electrons. The molecule has 0 aromatic heterocycles. The fourth-order valence-electron chi connectivity index (χ4n) is 2.40. The van der Waals surface area contributed by atoms with Crippen LogP contribution in [-0.4, -0.2) is 12.2 Å². The Morgan fingerprint density at radius 1 is 1.00 bits per heavy atom. The van der Waals surface area contributed by atoms with Gasteiger partial charge < -0.3 is 9.84 Å². The van der Waals surface area contributed by atoms with Gasteiger partial charge in [0.25, 0.3) is 0 Å². The number of aromatic hydroxyl groups is 1. The van der Waals surface area contributed by atoms with E-state index in [0.29, 0.717) is 17.3 Å². The largest absolute Gasteiger partial charge is 0.506 e. The molecule has 0 heterocycles. The average molecular weight is 298 g/mol. The van der Waals surface area contributed by atoms with Crippen LogP contribution in [-0.2, 0) is 0 Å². The Kier molecular flexibility index (Phi) is 5.53. The van der Waals surface area contributed by atoms with Crippen molar-refractivity contribution in [3.05, 3.63) is 48.0 Å². The molecule has 0 fully saturated rings. The molecular formula is C18H22N2O2. The molecule has 0 aliphatic heterocycles. The molecule has 0 atom stereocenters. The van der Waals surface area contributed by atoms with Crippen molar-refractivity contribution in [3.8, 4) is 11.5 Å². The minimum Gasteiger partial charge on any atom is -0.506 e. The van der Waals surface area contributed by atoms with Gasteiger partial charge in [-0.15, -0.1) is 5.11 Å². The Bertz CT molecular complexity index is 632. The number of benzene rings is 2. The zero-order valence-corrected chi connectivity index (χ0v) is 13.3. The van der Waals surface area contributed by atoms with Crippen LogP contribution in [0.2, 0.25) is 0 Å². The van der Waals surface area contributed by atoms with Crippen molar-refractivity contribution >= 4 is 11.4 Å². The van der Waals surface area contributed by atoms with Crippen molar-refractivity contribution in [2.24, 2.45) is 10.2 Å². The zero-order chi connectivity index (χ0) is 15.9. The van der Waals surface area contributed by atoms with Crippen LogP contribution >= 0.6 is 0 Å². The third-order valence-electron chi connectivity index (χ3n) is 3.80. The summed E-state index contributed by atoms with van der Waals surface area (Å²) in [5, 5.41) is 18.3. The number of rotatable bonds is 6. The lowest BCUT2D eigenvalue weighted by Gasteiger charge is -2.13. The molecule has 22 heavy (non-hydrogen) atoms. The van der Waals surface area contributed by atoms with Gasteiger partial charge in [-0.2, -0.15) is 5.11 Å². The van der Waals surface area contributed by atoms with E-state index in [2.05, 4.69) is 24.1 Å². The van der Waals surface area contributed by atoms with Crippen LogP contribution in [0.25, 0.3) is 0 Å². The van der Waals surface area contributed by atoms with Crippen LogP contribution in [0.5, 0.6) is 11.5 Å². The quantitative estimate of drug-likeness (QED) is 0.693. The van der Waals surface area contributed by atoms with Gasteiger partial charge in [-0.1, -0.05) is 19.9 Å². The van der Waals surface area contributed by atoms with Crippen LogP contribution in [0.3, 0.4) is 0 Å². The molecule has 0 aliphatic rings. The highest BCUT2D eigenvalue weighted by Crippen LogP contribution is 2.33. The number of azo groups is 1. The summed E-state index contributed by atoms with van der Waals surface area (Å²) in [7, 11) is 1.62. The topological polar surface area (TPSA) is 54.2 Å². The maximum Gasteiger partial charge on any atom is 0.143 e. The van der Waals surface area contributed by atoms with Gasteiger partial charge in [0.05, 0.1) is 12.8 Å². The Labute approximate surface area is 131 Å². The summed E-state index contributed by atoms with van der Waals surface area (Å²) in [4.78, 5) is 0. The predicted molar refractivity (Wildman–Crippen MR) is 88.6 cm³/mol. The van der Waals surface area contributed by atoms with Gasteiger partial charge in [0.1, 0.15) is 17.2 Å².